The van der Waals surface area contributed by atoms with Crippen LogP contribution in [0.1, 0.15) is 38.2 Å². The van der Waals surface area contributed by atoms with Gasteiger partial charge < -0.3 is 19.8 Å². The average Bonchev–Trinajstić information content (AvgIpc) is 3.25. The number of nitrogens with zero attached hydrogens (tertiary/aromatic N) is 2. The van der Waals surface area contributed by atoms with Gasteiger partial charge in [-0.05, 0) is 51.8 Å². The van der Waals surface area contributed by atoms with E-state index in [1.165, 1.54) is 18.4 Å². The standard InChI is InChI=1S/C19H28N2O2.C2H2O4/c1-2-23-18-8-4-3-7-17(18)15-20-13-9-16(10-14-20)19(22)21-11-5-6-12-21;3-1(4)2(5)6/h3-4,7-8,16H,2,5-6,9-15H2,1H3;(H,3,4)(H,5,6). The number of carboxylic acids is 2. The zero-order valence-electron chi connectivity index (χ0n) is 16.9. The minimum absolute atomic E-state index is 0.242. The molecule has 2 N–H and O–H groups in total. The molecule has 0 aliphatic carbocycles. The predicted molar refractivity (Wildman–Crippen MR) is 107 cm³/mol. The first kappa shape index (κ1) is 22.7. The van der Waals surface area contributed by atoms with Crippen LogP contribution < -0.4 is 4.74 Å². The minimum Gasteiger partial charge on any atom is -0.494 e. The van der Waals surface area contributed by atoms with Crippen molar-refractivity contribution in [1.29, 1.82) is 0 Å². The Hall–Kier alpha value is -2.61. The number of ether oxygens (including phenoxy) is 1. The van der Waals surface area contributed by atoms with E-state index >= 15 is 0 Å². The van der Waals surface area contributed by atoms with Gasteiger partial charge >= 0.3 is 11.9 Å². The third-order valence-corrected chi connectivity index (χ3v) is 5.20. The third-order valence-electron chi connectivity index (χ3n) is 5.20. The first-order valence-electron chi connectivity index (χ1n) is 10.1. The van der Waals surface area contributed by atoms with Crippen LogP contribution in [0.5, 0.6) is 5.75 Å². The van der Waals surface area contributed by atoms with Gasteiger partial charge in [-0.1, -0.05) is 18.2 Å². The van der Waals surface area contributed by atoms with Crippen LogP contribution in [0, 0.1) is 5.92 Å². The molecule has 0 radical (unpaired) electrons. The number of aliphatic carboxylic acids is 2. The smallest absolute Gasteiger partial charge is 0.414 e. The highest BCUT2D eigenvalue weighted by atomic mass is 16.5. The van der Waals surface area contributed by atoms with Crippen molar-refractivity contribution in [3.8, 4) is 5.75 Å². The molecule has 29 heavy (non-hydrogen) atoms. The first-order chi connectivity index (χ1) is 13.9. The van der Waals surface area contributed by atoms with Gasteiger partial charge in [0.25, 0.3) is 0 Å². The van der Waals surface area contributed by atoms with Crippen molar-refractivity contribution >= 4 is 17.8 Å². The number of rotatable bonds is 5. The second-order valence-electron chi connectivity index (χ2n) is 7.23. The van der Waals surface area contributed by atoms with Crippen LogP contribution in [0.3, 0.4) is 0 Å². The summed E-state index contributed by atoms with van der Waals surface area (Å²) in [5.74, 6) is -2.02. The molecular formula is C21H30N2O6. The normalized spacial score (nSPS) is 17.3. The summed E-state index contributed by atoms with van der Waals surface area (Å²) in [6.45, 7) is 7.59. The molecule has 2 saturated heterocycles. The zero-order valence-corrected chi connectivity index (χ0v) is 16.9. The fourth-order valence-corrected chi connectivity index (χ4v) is 3.71. The molecule has 1 amide bonds. The Morgan fingerprint density at radius 3 is 2.14 bits per heavy atom. The first-order valence-corrected chi connectivity index (χ1v) is 10.1. The monoisotopic (exact) mass is 406 g/mol. The van der Waals surface area contributed by atoms with E-state index in [2.05, 4.69) is 21.9 Å². The van der Waals surface area contributed by atoms with E-state index in [0.717, 1.165) is 51.3 Å². The average molecular weight is 406 g/mol. The Balaban J connectivity index is 0.000000438. The lowest BCUT2D eigenvalue weighted by atomic mass is 9.95. The Bertz CT molecular complexity index is 682. The van der Waals surface area contributed by atoms with Gasteiger partial charge in [-0.3, -0.25) is 9.69 Å². The van der Waals surface area contributed by atoms with Gasteiger partial charge in [0, 0.05) is 31.1 Å². The number of piperidine rings is 1. The Morgan fingerprint density at radius 1 is 1.00 bits per heavy atom. The van der Waals surface area contributed by atoms with E-state index in [0.29, 0.717) is 12.5 Å². The number of carbonyl (C=O) groups excluding carboxylic acids is 1. The van der Waals surface area contributed by atoms with Gasteiger partial charge in [-0.15, -0.1) is 0 Å². The van der Waals surface area contributed by atoms with Gasteiger partial charge in [0.15, 0.2) is 0 Å². The summed E-state index contributed by atoms with van der Waals surface area (Å²) < 4.78 is 5.72. The summed E-state index contributed by atoms with van der Waals surface area (Å²) in [6.07, 6.45) is 4.34. The quantitative estimate of drug-likeness (QED) is 0.721. The Kier molecular flexibility index (Phi) is 8.92. The van der Waals surface area contributed by atoms with Crippen molar-refractivity contribution in [2.24, 2.45) is 5.92 Å². The van der Waals surface area contributed by atoms with Crippen molar-refractivity contribution < 1.29 is 29.3 Å². The number of carboxylic acid groups (broad SMARTS) is 2. The number of likely N-dealkylation sites (tertiary alicyclic amines) is 2. The van der Waals surface area contributed by atoms with E-state index in [1.54, 1.807) is 0 Å². The molecule has 2 aliphatic heterocycles. The maximum absolute atomic E-state index is 12.5. The van der Waals surface area contributed by atoms with Crippen LogP contribution in [0.4, 0.5) is 0 Å². The van der Waals surface area contributed by atoms with Crippen molar-refractivity contribution in [3.63, 3.8) is 0 Å². The molecular weight excluding hydrogens is 376 g/mol. The molecule has 0 atom stereocenters. The van der Waals surface area contributed by atoms with Crippen LogP contribution in [0.2, 0.25) is 0 Å². The van der Waals surface area contributed by atoms with Gasteiger partial charge in [0.05, 0.1) is 6.61 Å². The summed E-state index contributed by atoms with van der Waals surface area (Å²) in [7, 11) is 0. The molecule has 160 valence electrons. The van der Waals surface area contributed by atoms with Gasteiger partial charge in [0.2, 0.25) is 5.91 Å². The highest BCUT2D eigenvalue weighted by Crippen LogP contribution is 2.25. The number of benzene rings is 1. The van der Waals surface area contributed by atoms with E-state index in [1.807, 2.05) is 19.1 Å². The lowest BCUT2D eigenvalue weighted by Gasteiger charge is -2.33. The van der Waals surface area contributed by atoms with Gasteiger partial charge in [-0.25, -0.2) is 9.59 Å². The summed E-state index contributed by atoms with van der Waals surface area (Å²) in [5, 5.41) is 14.8. The third kappa shape index (κ3) is 7.05. The molecule has 1 aromatic carbocycles. The fourth-order valence-electron chi connectivity index (χ4n) is 3.71. The molecule has 0 saturated carbocycles. The van der Waals surface area contributed by atoms with Gasteiger partial charge in [0.1, 0.15) is 5.75 Å². The molecule has 8 heteroatoms. The summed E-state index contributed by atoms with van der Waals surface area (Å²) in [6, 6.07) is 8.28. The van der Waals surface area contributed by atoms with E-state index < -0.39 is 11.9 Å². The molecule has 2 aliphatic rings. The molecule has 1 aromatic rings. The second kappa shape index (κ2) is 11.4. The predicted octanol–water partition coefficient (Wildman–Crippen LogP) is 2.08. The highest BCUT2D eigenvalue weighted by Gasteiger charge is 2.29. The number of amides is 1. The van der Waals surface area contributed by atoms with Crippen LogP contribution >= 0.6 is 0 Å². The zero-order chi connectivity index (χ0) is 21.2. The van der Waals surface area contributed by atoms with Crippen LogP contribution in [0.15, 0.2) is 24.3 Å². The van der Waals surface area contributed by atoms with E-state index in [-0.39, 0.29) is 5.92 Å². The Labute approximate surface area is 171 Å². The van der Waals surface area contributed by atoms with Crippen molar-refractivity contribution in [1.82, 2.24) is 9.80 Å². The van der Waals surface area contributed by atoms with Crippen molar-refractivity contribution in [2.75, 3.05) is 32.8 Å². The van der Waals surface area contributed by atoms with Crippen LogP contribution in [0.25, 0.3) is 0 Å². The molecule has 0 unspecified atom stereocenters. The molecule has 8 nitrogen and oxygen atoms in total. The number of hydrogen-bond acceptors (Lipinski definition) is 5. The topological polar surface area (TPSA) is 107 Å². The highest BCUT2D eigenvalue weighted by molar-refractivity contribution is 6.27. The molecule has 2 heterocycles. The molecule has 2 fully saturated rings. The van der Waals surface area contributed by atoms with E-state index in [9.17, 15) is 4.79 Å². The molecule has 0 bridgehead atoms. The summed E-state index contributed by atoms with van der Waals surface area (Å²) in [4.78, 5) is 35.2. The molecule has 0 aromatic heterocycles. The SMILES string of the molecule is CCOc1ccccc1CN1CCC(C(=O)N2CCCC2)CC1.O=C(O)C(=O)O. The molecule has 0 spiro atoms. The number of carbonyl (C=O) groups is 3. The van der Waals surface area contributed by atoms with Gasteiger partial charge in [-0.2, -0.15) is 0 Å². The Morgan fingerprint density at radius 2 is 1.59 bits per heavy atom. The van der Waals surface area contributed by atoms with Crippen molar-refractivity contribution in [2.45, 2.75) is 39.2 Å². The fraction of sp³-hybridized carbons (Fsp3) is 0.571. The maximum atomic E-state index is 12.5. The minimum atomic E-state index is -1.82. The summed E-state index contributed by atoms with van der Waals surface area (Å²) >= 11 is 0. The lowest BCUT2D eigenvalue weighted by molar-refractivity contribution is -0.159. The van der Waals surface area contributed by atoms with Crippen molar-refractivity contribution in [3.05, 3.63) is 29.8 Å². The largest absolute Gasteiger partial charge is 0.494 e. The number of hydrogen-bond donors (Lipinski definition) is 2. The number of para-hydroxylation sites is 1. The van der Waals surface area contributed by atoms with E-state index in [4.69, 9.17) is 24.5 Å². The second-order valence-corrected chi connectivity index (χ2v) is 7.23. The van der Waals surface area contributed by atoms with Crippen LogP contribution in [-0.2, 0) is 20.9 Å². The lowest BCUT2D eigenvalue weighted by Crippen LogP contribution is -2.41. The van der Waals surface area contributed by atoms with Crippen LogP contribution in [-0.4, -0.2) is 70.6 Å². The summed E-state index contributed by atoms with van der Waals surface area (Å²) in [5.41, 5.74) is 1.25. The molecule has 3 rings (SSSR count). The maximum Gasteiger partial charge on any atom is 0.414 e.